The first-order valence-corrected chi connectivity index (χ1v) is 11.1. The lowest BCUT2D eigenvalue weighted by atomic mass is 9.97. The van der Waals surface area contributed by atoms with Gasteiger partial charge in [-0.2, -0.15) is 4.72 Å². The van der Waals surface area contributed by atoms with Gasteiger partial charge >= 0.3 is 0 Å². The minimum absolute atomic E-state index is 0.00182. The van der Waals surface area contributed by atoms with E-state index in [1.165, 1.54) is 12.1 Å². The van der Waals surface area contributed by atoms with Crippen molar-refractivity contribution < 1.29 is 17.6 Å². The summed E-state index contributed by atoms with van der Waals surface area (Å²) in [5.41, 5.74) is 1.53. The highest BCUT2D eigenvalue weighted by Gasteiger charge is 2.31. The average molecular weight is 413 g/mol. The van der Waals surface area contributed by atoms with Crippen LogP contribution in [0.3, 0.4) is 0 Å². The standard InChI is InChI=1S/C21H23N3O4S/c1-15(23-29(26,27)17-9-3-2-4-10-17)21(25)24-13-7-8-16(14-24)20-22-18-11-5-6-12-19(18)28-20/h2-6,9-12,15-16,23H,7-8,13-14H2,1H3/t15-,16-/m0/s1. The second-order valence-corrected chi connectivity index (χ2v) is 9.01. The van der Waals surface area contributed by atoms with E-state index in [-0.39, 0.29) is 16.7 Å². The molecule has 0 bridgehead atoms. The first-order chi connectivity index (χ1) is 13.9. The van der Waals surface area contributed by atoms with Gasteiger partial charge in [-0.3, -0.25) is 4.79 Å². The lowest BCUT2D eigenvalue weighted by Crippen LogP contribution is -2.49. The number of hydrogen-bond acceptors (Lipinski definition) is 5. The molecule has 2 heterocycles. The van der Waals surface area contributed by atoms with Crippen LogP contribution in [0.1, 0.15) is 31.6 Å². The van der Waals surface area contributed by atoms with E-state index in [1.54, 1.807) is 30.0 Å². The van der Waals surface area contributed by atoms with Crippen LogP contribution in [0, 0.1) is 0 Å². The molecule has 0 radical (unpaired) electrons. The van der Waals surface area contributed by atoms with E-state index in [0.717, 1.165) is 23.9 Å². The average Bonchev–Trinajstić information content (AvgIpc) is 3.18. The Kier molecular flexibility index (Phi) is 5.38. The van der Waals surface area contributed by atoms with E-state index in [0.29, 0.717) is 19.0 Å². The van der Waals surface area contributed by atoms with E-state index in [4.69, 9.17) is 4.42 Å². The second-order valence-electron chi connectivity index (χ2n) is 7.30. The number of para-hydroxylation sites is 2. The zero-order valence-electron chi connectivity index (χ0n) is 16.1. The highest BCUT2D eigenvalue weighted by Crippen LogP contribution is 2.29. The van der Waals surface area contributed by atoms with E-state index >= 15 is 0 Å². The van der Waals surface area contributed by atoms with Gasteiger partial charge in [0.1, 0.15) is 5.52 Å². The number of amides is 1. The van der Waals surface area contributed by atoms with Crippen LogP contribution in [0.15, 0.2) is 63.9 Å². The molecular weight excluding hydrogens is 390 g/mol. The minimum atomic E-state index is -3.75. The number of nitrogens with one attached hydrogen (secondary N) is 1. The summed E-state index contributed by atoms with van der Waals surface area (Å²) in [6.45, 7) is 2.63. The lowest BCUT2D eigenvalue weighted by molar-refractivity contribution is -0.133. The summed E-state index contributed by atoms with van der Waals surface area (Å²) >= 11 is 0. The fourth-order valence-corrected chi connectivity index (χ4v) is 4.89. The van der Waals surface area contributed by atoms with Crippen molar-refractivity contribution in [1.29, 1.82) is 0 Å². The molecule has 1 aliphatic heterocycles. The van der Waals surface area contributed by atoms with E-state index < -0.39 is 16.1 Å². The predicted octanol–water partition coefficient (Wildman–Crippen LogP) is 2.90. The Hall–Kier alpha value is -2.71. The normalized spacial score (nSPS) is 18.7. The number of piperidine rings is 1. The molecule has 1 saturated heterocycles. The third-order valence-electron chi connectivity index (χ3n) is 5.15. The Labute approximate surface area is 169 Å². The monoisotopic (exact) mass is 413 g/mol. The number of fused-ring (bicyclic) bond motifs is 1. The molecule has 0 spiro atoms. The molecule has 7 nitrogen and oxygen atoms in total. The van der Waals surface area contributed by atoms with Crippen LogP contribution in [0.4, 0.5) is 0 Å². The quantitative estimate of drug-likeness (QED) is 0.694. The van der Waals surface area contributed by atoms with Gasteiger partial charge in [-0.1, -0.05) is 30.3 Å². The third kappa shape index (κ3) is 4.18. The van der Waals surface area contributed by atoms with E-state index in [1.807, 2.05) is 24.3 Å². The molecule has 29 heavy (non-hydrogen) atoms. The minimum Gasteiger partial charge on any atom is -0.440 e. The Balaban J connectivity index is 1.45. The first-order valence-electron chi connectivity index (χ1n) is 9.66. The summed E-state index contributed by atoms with van der Waals surface area (Å²) in [5.74, 6) is 0.379. The molecule has 152 valence electrons. The zero-order chi connectivity index (χ0) is 20.4. The smallest absolute Gasteiger partial charge is 0.241 e. The summed E-state index contributed by atoms with van der Waals surface area (Å²) in [4.78, 5) is 19.3. The summed E-state index contributed by atoms with van der Waals surface area (Å²) in [6.07, 6.45) is 1.69. The van der Waals surface area contributed by atoms with Crippen LogP contribution in [-0.4, -0.2) is 43.3 Å². The van der Waals surface area contributed by atoms with Crippen LogP contribution < -0.4 is 4.72 Å². The van der Waals surface area contributed by atoms with Gasteiger partial charge in [0.05, 0.1) is 16.9 Å². The van der Waals surface area contributed by atoms with Gasteiger partial charge in [-0.05, 0) is 44.0 Å². The van der Waals surface area contributed by atoms with Crippen molar-refractivity contribution in [3.63, 3.8) is 0 Å². The number of rotatable bonds is 5. The Morgan fingerprint density at radius 3 is 2.66 bits per heavy atom. The number of nitrogens with zero attached hydrogens (tertiary/aromatic N) is 2. The molecule has 1 aromatic heterocycles. The van der Waals surface area contributed by atoms with Crippen LogP contribution in [0.2, 0.25) is 0 Å². The molecule has 2 aromatic carbocycles. The van der Waals surface area contributed by atoms with E-state index in [2.05, 4.69) is 9.71 Å². The number of hydrogen-bond donors (Lipinski definition) is 1. The van der Waals surface area contributed by atoms with E-state index in [9.17, 15) is 13.2 Å². The Morgan fingerprint density at radius 1 is 1.17 bits per heavy atom. The number of likely N-dealkylation sites (tertiary alicyclic amines) is 1. The molecule has 1 N–H and O–H groups in total. The number of carbonyl (C=O) groups is 1. The Morgan fingerprint density at radius 2 is 1.90 bits per heavy atom. The molecular formula is C21H23N3O4S. The number of aromatic nitrogens is 1. The Bertz CT molecular complexity index is 1080. The number of oxazole rings is 1. The second kappa shape index (κ2) is 7.96. The molecule has 1 amide bonds. The van der Waals surface area contributed by atoms with Crippen LogP contribution >= 0.6 is 0 Å². The molecule has 0 unspecified atom stereocenters. The lowest BCUT2D eigenvalue weighted by Gasteiger charge is -2.33. The van der Waals surface area contributed by atoms with Gasteiger partial charge in [0.25, 0.3) is 0 Å². The van der Waals surface area contributed by atoms with Crippen molar-refractivity contribution in [2.24, 2.45) is 0 Å². The maximum absolute atomic E-state index is 12.9. The van der Waals surface area contributed by atoms with Crippen LogP contribution in [-0.2, 0) is 14.8 Å². The van der Waals surface area contributed by atoms with Gasteiger partial charge in [-0.25, -0.2) is 13.4 Å². The van der Waals surface area contributed by atoms with Crippen molar-refractivity contribution >= 4 is 27.0 Å². The topological polar surface area (TPSA) is 92.5 Å². The summed E-state index contributed by atoms with van der Waals surface area (Å²) in [6, 6.07) is 14.8. The first kappa shape index (κ1) is 19.6. The molecule has 3 aromatic rings. The van der Waals surface area contributed by atoms with Crippen molar-refractivity contribution in [3.8, 4) is 0 Å². The van der Waals surface area contributed by atoms with Gasteiger partial charge in [0.15, 0.2) is 11.5 Å². The number of benzene rings is 2. The van der Waals surface area contributed by atoms with Crippen LogP contribution in [0.5, 0.6) is 0 Å². The number of carbonyl (C=O) groups excluding carboxylic acids is 1. The van der Waals surface area contributed by atoms with Crippen LogP contribution in [0.25, 0.3) is 11.1 Å². The van der Waals surface area contributed by atoms with Crippen molar-refractivity contribution in [2.75, 3.05) is 13.1 Å². The molecule has 0 saturated carbocycles. The zero-order valence-corrected chi connectivity index (χ0v) is 16.9. The van der Waals surface area contributed by atoms with Crippen molar-refractivity contribution in [1.82, 2.24) is 14.6 Å². The van der Waals surface area contributed by atoms with Crippen molar-refractivity contribution in [2.45, 2.75) is 36.6 Å². The molecule has 2 atom stereocenters. The fourth-order valence-electron chi connectivity index (χ4n) is 3.67. The third-order valence-corrected chi connectivity index (χ3v) is 6.71. The highest BCUT2D eigenvalue weighted by atomic mass is 32.2. The molecule has 1 fully saturated rings. The van der Waals surface area contributed by atoms with Gasteiger partial charge in [0, 0.05) is 13.1 Å². The fraction of sp³-hybridized carbons (Fsp3) is 0.333. The van der Waals surface area contributed by atoms with Crippen molar-refractivity contribution in [3.05, 3.63) is 60.5 Å². The molecule has 0 aliphatic carbocycles. The van der Waals surface area contributed by atoms with Gasteiger partial charge < -0.3 is 9.32 Å². The summed E-state index contributed by atoms with van der Waals surface area (Å²) < 4.78 is 33.4. The molecule has 1 aliphatic rings. The molecule has 4 rings (SSSR count). The number of sulfonamides is 1. The molecule has 8 heteroatoms. The SMILES string of the molecule is C[C@H](NS(=O)(=O)c1ccccc1)C(=O)N1CCC[C@H](c2nc3ccccc3o2)C1. The maximum atomic E-state index is 12.9. The summed E-state index contributed by atoms with van der Waals surface area (Å²) in [5, 5.41) is 0. The summed E-state index contributed by atoms with van der Waals surface area (Å²) in [7, 11) is -3.75. The van der Waals surface area contributed by atoms with Gasteiger partial charge in [0.2, 0.25) is 15.9 Å². The highest BCUT2D eigenvalue weighted by molar-refractivity contribution is 7.89. The predicted molar refractivity (Wildman–Crippen MR) is 109 cm³/mol. The van der Waals surface area contributed by atoms with Gasteiger partial charge in [-0.15, -0.1) is 0 Å². The maximum Gasteiger partial charge on any atom is 0.241 e. The largest absolute Gasteiger partial charge is 0.440 e.